The largest absolute Gasteiger partial charge is 0.496 e. The molecule has 5 heteroatoms. The summed E-state index contributed by atoms with van der Waals surface area (Å²) in [5, 5.41) is 2.61. The van der Waals surface area contributed by atoms with Gasteiger partial charge in [0.25, 0.3) is 0 Å². The first-order valence-electron chi connectivity index (χ1n) is 15.5. The summed E-state index contributed by atoms with van der Waals surface area (Å²) in [6, 6.07) is 20.9. The highest BCUT2D eigenvalue weighted by Crippen LogP contribution is 2.35. The third-order valence-corrected chi connectivity index (χ3v) is 9.46. The number of unbranched alkanes of at least 4 members (excludes halogenated alkanes) is 1. The molecule has 2 aliphatic rings. The van der Waals surface area contributed by atoms with Gasteiger partial charge in [0.2, 0.25) is 0 Å². The predicted octanol–water partition coefficient (Wildman–Crippen LogP) is 6.83. The molecule has 0 aromatic heterocycles. The molecule has 0 spiro atoms. The summed E-state index contributed by atoms with van der Waals surface area (Å²) >= 11 is 0. The number of aryl methyl sites for hydroxylation is 1. The normalized spacial score (nSPS) is 18.9. The third kappa shape index (κ3) is 7.23. The van der Waals surface area contributed by atoms with Crippen LogP contribution in [0.25, 0.3) is 10.8 Å². The van der Waals surface area contributed by atoms with Crippen molar-refractivity contribution in [2.75, 3.05) is 59.5 Å². The first kappa shape index (κ1) is 29.0. The van der Waals surface area contributed by atoms with E-state index in [4.69, 9.17) is 4.74 Å². The lowest BCUT2D eigenvalue weighted by atomic mass is 9.79. The van der Waals surface area contributed by atoms with Gasteiger partial charge < -0.3 is 19.4 Å². The quantitative estimate of drug-likeness (QED) is 0.246. The van der Waals surface area contributed by atoms with Crippen molar-refractivity contribution in [3.63, 3.8) is 0 Å². The summed E-state index contributed by atoms with van der Waals surface area (Å²) in [7, 11) is 1.78. The lowest BCUT2D eigenvalue weighted by molar-refractivity contribution is 0.0966. The number of fused-ring (bicyclic) bond motifs is 1. The number of benzene rings is 3. The molecule has 0 aliphatic carbocycles. The summed E-state index contributed by atoms with van der Waals surface area (Å²) < 4.78 is 19.4. The second kappa shape index (κ2) is 13.9. The Balaban J connectivity index is 1.11. The van der Waals surface area contributed by atoms with Crippen molar-refractivity contribution in [2.45, 2.75) is 57.9 Å². The number of nitrogens with zero attached hydrogens (tertiary/aromatic N) is 3. The van der Waals surface area contributed by atoms with Crippen LogP contribution in [0, 0.1) is 11.7 Å². The number of halogens is 1. The van der Waals surface area contributed by atoms with Crippen LogP contribution in [0.3, 0.4) is 0 Å². The van der Waals surface area contributed by atoms with Crippen LogP contribution in [0.1, 0.15) is 56.6 Å². The molecule has 2 fully saturated rings. The Kier molecular flexibility index (Phi) is 10.1. The van der Waals surface area contributed by atoms with Crippen LogP contribution in [0.15, 0.2) is 60.7 Å². The van der Waals surface area contributed by atoms with Crippen LogP contribution in [-0.4, -0.2) is 80.2 Å². The van der Waals surface area contributed by atoms with E-state index < -0.39 is 0 Å². The van der Waals surface area contributed by atoms with Crippen LogP contribution >= 0.6 is 0 Å². The first-order chi connectivity index (χ1) is 19.5. The van der Waals surface area contributed by atoms with Crippen LogP contribution in [0.4, 0.5) is 4.39 Å². The van der Waals surface area contributed by atoms with E-state index in [-0.39, 0.29) is 5.82 Å². The van der Waals surface area contributed by atoms with Crippen molar-refractivity contribution < 1.29 is 9.13 Å². The highest BCUT2D eigenvalue weighted by atomic mass is 19.1. The molecular weight excluding hydrogens is 497 g/mol. The second-order valence-electron chi connectivity index (χ2n) is 12.2. The molecule has 5 rings (SSSR count). The highest BCUT2D eigenvalue weighted by Gasteiger charge is 2.31. The fourth-order valence-corrected chi connectivity index (χ4v) is 6.95. The van der Waals surface area contributed by atoms with E-state index in [0.29, 0.717) is 17.9 Å². The molecule has 2 heterocycles. The van der Waals surface area contributed by atoms with Gasteiger partial charge in [-0.1, -0.05) is 42.5 Å². The minimum atomic E-state index is -0.135. The zero-order valence-corrected chi connectivity index (χ0v) is 24.8. The fourth-order valence-electron chi connectivity index (χ4n) is 6.95. The summed E-state index contributed by atoms with van der Waals surface area (Å²) in [5.41, 5.74) is 2.66. The number of methoxy groups -OCH3 is 1. The van der Waals surface area contributed by atoms with Crippen LogP contribution in [-0.2, 0) is 6.42 Å². The smallest absolute Gasteiger partial charge is 0.123 e. The van der Waals surface area contributed by atoms with Crippen molar-refractivity contribution in [2.24, 2.45) is 5.92 Å². The van der Waals surface area contributed by atoms with Gasteiger partial charge >= 0.3 is 0 Å². The van der Waals surface area contributed by atoms with Gasteiger partial charge in [0.15, 0.2) is 0 Å². The van der Waals surface area contributed by atoms with Crippen molar-refractivity contribution >= 4 is 10.8 Å². The molecule has 0 bridgehead atoms. The molecule has 0 radical (unpaired) electrons. The van der Waals surface area contributed by atoms with Gasteiger partial charge in [-0.15, -0.1) is 0 Å². The zero-order valence-electron chi connectivity index (χ0n) is 24.8. The Hall–Kier alpha value is -2.47. The van der Waals surface area contributed by atoms with Gasteiger partial charge in [-0.25, -0.2) is 4.39 Å². The summed E-state index contributed by atoms with van der Waals surface area (Å²) in [5.74, 6) is 2.03. The number of rotatable bonds is 11. The Labute approximate surface area is 241 Å². The molecule has 2 aliphatic heterocycles. The molecule has 0 N–H and O–H groups in total. The van der Waals surface area contributed by atoms with Gasteiger partial charge in [0.1, 0.15) is 11.6 Å². The lowest BCUT2D eigenvalue weighted by Gasteiger charge is -2.41. The number of piperazine rings is 1. The van der Waals surface area contributed by atoms with Crippen molar-refractivity contribution in [1.29, 1.82) is 0 Å². The molecule has 2 saturated heterocycles. The predicted molar refractivity (Wildman–Crippen MR) is 165 cm³/mol. The maximum Gasteiger partial charge on any atom is 0.123 e. The molecular formula is C35H48FN3O. The maximum atomic E-state index is 13.7. The standard InChI is InChI=1S/C35H48FN3O/c1-27(2)39-20-17-30(18-21-39)34(29-11-14-31(36)15-12-29)26-38-24-22-37(23-25-38)19-7-6-10-33-32-9-5-4-8-28(32)13-16-35(33)40-3/h4-5,8-9,11-16,27,30,34H,6-7,10,17-26H2,1-3H3. The van der Waals surface area contributed by atoms with Crippen molar-refractivity contribution in [3.05, 3.63) is 77.6 Å². The second-order valence-corrected chi connectivity index (χ2v) is 12.2. The number of likely N-dealkylation sites (tertiary alicyclic amines) is 1. The van der Waals surface area contributed by atoms with E-state index in [1.54, 1.807) is 19.2 Å². The Bertz CT molecular complexity index is 1200. The SMILES string of the molecule is COc1ccc2ccccc2c1CCCCN1CCN(CC(c2ccc(F)cc2)C2CCN(C(C)C)CC2)CC1. The third-order valence-electron chi connectivity index (χ3n) is 9.46. The highest BCUT2D eigenvalue weighted by molar-refractivity contribution is 5.87. The zero-order chi connectivity index (χ0) is 27.9. The number of piperidine rings is 1. The minimum Gasteiger partial charge on any atom is -0.496 e. The molecule has 216 valence electrons. The maximum absolute atomic E-state index is 13.7. The van der Waals surface area contributed by atoms with Gasteiger partial charge in [-0.3, -0.25) is 0 Å². The Morgan fingerprint density at radius 3 is 2.23 bits per heavy atom. The number of ether oxygens (including phenoxy) is 1. The van der Waals surface area contributed by atoms with Gasteiger partial charge in [0.05, 0.1) is 7.11 Å². The molecule has 1 unspecified atom stereocenters. The van der Waals surface area contributed by atoms with Crippen molar-refractivity contribution in [3.8, 4) is 5.75 Å². The van der Waals surface area contributed by atoms with E-state index in [2.05, 4.69) is 64.9 Å². The van der Waals surface area contributed by atoms with Crippen LogP contribution < -0.4 is 4.74 Å². The topological polar surface area (TPSA) is 19.0 Å². The van der Waals surface area contributed by atoms with Gasteiger partial charge in [-0.05, 0) is 112 Å². The van der Waals surface area contributed by atoms with Crippen LogP contribution in [0.2, 0.25) is 0 Å². The van der Waals surface area contributed by atoms with E-state index >= 15 is 0 Å². The van der Waals surface area contributed by atoms with Crippen LogP contribution in [0.5, 0.6) is 5.75 Å². The Morgan fingerprint density at radius 2 is 1.52 bits per heavy atom. The van der Waals surface area contributed by atoms with Gasteiger partial charge in [0, 0.05) is 44.3 Å². The van der Waals surface area contributed by atoms with Gasteiger partial charge in [-0.2, -0.15) is 0 Å². The summed E-state index contributed by atoms with van der Waals surface area (Å²) in [6.45, 7) is 13.7. The minimum absolute atomic E-state index is 0.135. The molecule has 0 saturated carbocycles. The van der Waals surface area contributed by atoms with Crippen molar-refractivity contribution in [1.82, 2.24) is 14.7 Å². The molecule has 40 heavy (non-hydrogen) atoms. The van der Waals surface area contributed by atoms with E-state index in [9.17, 15) is 4.39 Å². The molecule has 4 nitrogen and oxygen atoms in total. The summed E-state index contributed by atoms with van der Waals surface area (Å²) in [6.07, 6.45) is 5.91. The van der Waals surface area contributed by atoms with E-state index in [1.165, 1.54) is 60.7 Å². The molecule has 3 aromatic carbocycles. The lowest BCUT2D eigenvalue weighted by Crippen LogP contribution is -2.48. The molecule has 1 atom stereocenters. The number of hydrogen-bond donors (Lipinski definition) is 0. The average molecular weight is 546 g/mol. The summed E-state index contributed by atoms with van der Waals surface area (Å²) in [4.78, 5) is 7.92. The first-order valence-corrected chi connectivity index (χ1v) is 15.5. The molecule has 0 amide bonds. The fraction of sp³-hybridized carbons (Fsp3) is 0.543. The average Bonchev–Trinajstić information content (AvgIpc) is 2.99. The number of hydrogen-bond acceptors (Lipinski definition) is 4. The Morgan fingerprint density at radius 1 is 0.825 bits per heavy atom. The van der Waals surface area contributed by atoms with E-state index in [0.717, 1.165) is 51.4 Å². The monoisotopic (exact) mass is 545 g/mol. The van der Waals surface area contributed by atoms with E-state index in [1.807, 2.05) is 12.1 Å². The molecule has 3 aromatic rings.